The van der Waals surface area contributed by atoms with Crippen LogP contribution in [0.1, 0.15) is 17.5 Å². The number of nitrogens with zero attached hydrogens (tertiary/aromatic N) is 3. The van der Waals surface area contributed by atoms with Gasteiger partial charge in [0.05, 0.1) is 18.1 Å². The number of amidine groups is 1. The Bertz CT molecular complexity index is 2210. The molecule has 0 unspecified atom stereocenters. The Morgan fingerprint density at radius 3 is 2.02 bits per heavy atom. The average molecular weight is 690 g/mol. The maximum Gasteiger partial charge on any atom is 0.679 e. The number of hydrogen-bond donors (Lipinski definition) is 1. The first-order valence-electron chi connectivity index (χ1n) is 15.6. The summed E-state index contributed by atoms with van der Waals surface area (Å²) in [5, 5.41) is 0. The van der Waals surface area contributed by atoms with Gasteiger partial charge in [0, 0.05) is 22.4 Å². The number of terminal acetylenes is 1. The second kappa shape index (κ2) is 15.2. The number of halogens is 2. The van der Waals surface area contributed by atoms with Crippen molar-refractivity contribution < 1.29 is 31.1 Å². The molecule has 8 nitrogen and oxygen atoms in total. The van der Waals surface area contributed by atoms with Gasteiger partial charge < -0.3 is 14.0 Å². The first-order valence-corrected chi connectivity index (χ1v) is 17.2. The van der Waals surface area contributed by atoms with Crippen molar-refractivity contribution in [2.24, 2.45) is 9.98 Å². The normalized spacial score (nSPS) is 13.4. The number of ether oxygens (including phenoxy) is 2. The maximum atomic E-state index is 15.1. The Balaban J connectivity index is 1.43. The third-order valence-corrected chi connectivity index (χ3v) is 8.58. The summed E-state index contributed by atoms with van der Waals surface area (Å²) >= 11 is 0. The van der Waals surface area contributed by atoms with Gasteiger partial charge in [0.25, 0.3) is 10.1 Å². The third kappa shape index (κ3) is 8.09. The minimum atomic E-state index is -4.06. The molecule has 2 heterocycles. The Morgan fingerprint density at radius 1 is 0.820 bits per heavy atom. The molecule has 0 bridgehead atoms. The Kier molecular flexibility index (Phi) is 10.4. The molecule has 0 fully saturated rings. The Hall–Kier alpha value is -5.77. The molecule has 0 spiro atoms. The predicted octanol–water partition coefficient (Wildman–Crippen LogP) is 7.88. The van der Waals surface area contributed by atoms with Gasteiger partial charge in [0.2, 0.25) is 0 Å². The van der Waals surface area contributed by atoms with Gasteiger partial charge in [-0.25, -0.2) is 9.98 Å². The van der Waals surface area contributed by atoms with Crippen molar-refractivity contribution in [3.8, 4) is 46.2 Å². The number of benzene rings is 4. The molecule has 1 aromatic heterocycles. The van der Waals surface area contributed by atoms with E-state index in [9.17, 15) is 8.42 Å². The minimum absolute atomic E-state index is 0.0457. The fourth-order valence-electron chi connectivity index (χ4n) is 5.45. The minimum Gasteiger partial charge on any atom is -0.494 e. The van der Waals surface area contributed by atoms with Crippen molar-refractivity contribution >= 4 is 40.5 Å². The molecule has 0 saturated carbocycles. The SMILES string of the molecule is C#CCOc1ccc(-c2cc(-c3ccccc3)c(/N=C3\N=C(c4ccc(OCCCS(=O)(=O)O)cc4)C=C3c3ccccc3)n2B(F)F)cc1. The zero-order valence-electron chi connectivity index (χ0n) is 26.6. The molecule has 50 heavy (non-hydrogen) atoms. The molecule has 1 N–H and O–H groups in total. The van der Waals surface area contributed by atoms with Gasteiger partial charge in [0.15, 0.2) is 5.84 Å². The van der Waals surface area contributed by atoms with Crippen LogP contribution in [0, 0.1) is 12.3 Å². The lowest BCUT2D eigenvalue weighted by Gasteiger charge is -2.11. The van der Waals surface area contributed by atoms with Crippen molar-refractivity contribution in [2.75, 3.05) is 19.0 Å². The molecule has 4 aromatic carbocycles. The summed E-state index contributed by atoms with van der Waals surface area (Å²) in [5.41, 5.74) is 4.78. The molecule has 0 amide bonds. The average Bonchev–Trinajstić information content (AvgIpc) is 3.72. The molecule has 5 aromatic rings. The van der Waals surface area contributed by atoms with E-state index in [2.05, 4.69) is 5.92 Å². The highest BCUT2D eigenvalue weighted by Gasteiger charge is 2.30. The monoisotopic (exact) mass is 689 g/mol. The van der Waals surface area contributed by atoms with Crippen LogP contribution in [-0.2, 0) is 10.1 Å². The fraction of sp³-hybridized carbons (Fsp3) is 0.105. The van der Waals surface area contributed by atoms with Gasteiger partial charge in [0.1, 0.15) is 23.9 Å². The number of rotatable bonds is 13. The second-order valence-corrected chi connectivity index (χ2v) is 12.7. The first kappa shape index (κ1) is 34.1. The lowest BCUT2D eigenvalue weighted by Crippen LogP contribution is -2.14. The van der Waals surface area contributed by atoms with E-state index in [1.807, 2.05) is 66.7 Å². The largest absolute Gasteiger partial charge is 0.679 e. The molecule has 1 aliphatic rings. The van der Waals surface area contributed by atoms with Crippen molar-refractivity contribution in [1.29, 1.82) is 0 Å². The summed E-state index contributed by atoms with van der Waals surface area (Å²) in [6, 6.07) is 34.2. The van der Waals surface area contributed by atoms with Gasteiger partial charge in [-0.1, -0.05) is 66.6 Å². The van der Waals surface area contributed by atoms with Crippen LogP contribution in [0.5, 0.6) is 11.5 Å². The van der Waals surface area contributed by atoms with Crippen LogP contribution in [0.4, 0.5) is 14.4 Å². The highest BCUT2D eigenvalue weighted by molar-refractivity contribution is 7.85. The van der Waals surface area contributed by atoms with Crippen molar-refractivity contribution in [3.63, 3.8) is 0 Å². The maximum absolute atomic E-state index is 15.1. The molecule has 1 aliphatic heterocycles. The van der Waals surface area contributed by atoms with Crippen LogP contribution < -0.4 is 9.47 Å². The third-order valence-electron chi connectivity index (χ3n) is 7.77. The van der Waals surface area contributed by atoms with Crippen LogP contribution in [0.2, 0.25) is 0 Å². The van der Waals surface area contributed by atoms with Crippen LogP contribution >= 0.6 is 0 Å². The molecule has 6 rings (SSSR count). The van der Waals surface area contributed by atoms with Gasteiger partial charge >= 0.3 is 7.40 Å². The quantitative estimate of drug-likeness (QED) is 0.0587. The summed E-state index contributed by atoms with van der Waals surface area (Å²) in [6.45, 7) is 0.193. The summed E-state index contributed by atoms with van der Waals surface area (Å²) in [7, 11) is -6.99. The number of allylic oxidation sites excluding steroid dienone is 1. The topological polar surface area (TPSA) is 102 Å². The summed E-state index contributed by atoms with van der Waals surface area (Å²) in [4.78, 5) is 9.73. The zero-order valence-corrected chi connectivity index (χ0v) is 27.4. The first-order chi connectivity index (χ1) is 24.2. The second-order valence-electron chi connectivity index (χ2n) is 11.2. The molecule has 250 valence electrons. The highest BCUT2D eigenvalue weighted by Crippen LogP contribution is 2.40. The van der Waals surface area contributed by atoms with E-state index in [0.29, 0.717) is 39.5 Å². The van der Waals surface area contributed by atoms with E-state index in [-0.39, 0.29) is 37.0 Å². The van der Waals surface area contributed by atoms with Crippen molar-refractivity contribution in [2.45, 2.75) is 6.42 Å². The van der Waals surface area contributed by atoms with Crippen LogP contribution in [-0.4, -0.2) is 55.4 Å². The lowest BCUT2D eigenvalue weighted by atomic mass is 10.0. The Morgan fingerprint density at radius 2 is 1.42 bits per heavy atom. The van der Waals surface area contributed by atoms with E-state index in [1.165, 1.54) is 0 Å². The summed E-state index contributed by atoms with van der Waals surface area (Å²) in [6.07, 6.45) is 7.30. The summed E-state index contributed by atoms with van der Waals surface area (Å²) in [5.74, 6) is 3.35. The van der Waals surface area contributed by atoms with Gasteiger partial charge in [-0.05, 0) is 83.8 Å². The summed E-state index contributed by atoms with van der Waals surface area (Å²) < 4.78 is 73.2. The molecular formula is C38H30BF2N3O5S. The fourth-order valence-corrected chi connectivity index (χ4v) is 5.93. The van der Waals surface area contributed by atoms with E-state index in [0.717, 1.165) is 15.6 Å². The highest BCUT2D eigenvalue weighted by atomic mass is 32.2. The standard InChI is InChI=1S/C38H30BF2N3O5S/c1-2-22-48-31-20-16-30(17-21-31)36-26-34(28-12-7-4-8-13-28)38(44(36)39(40)41)43-37-33(27-10-5-3-6-11-27)25-35(42-37)29-14-18-32(19-15-29)49-23-9-24-50(45,46)47/h1,3-8,10-21,25-26H,9,22-24H2,(H,45,46,47)/b43-37-. The van der Waals surface area contributed by atoms with Crippen LogP contribution in [0.15, 0.2) is 131 Å². The van der Waals surface area contributed by atoms with Gasteiger partial charge in [-0.3, -0.25) is 13.2 Å². The zero-order chi connectivity index (χ0) is 35.1. The molecule has 0 aliphatic carbocycles. The number of hydrogen-bond acceptors (Lipinski definition) is 5. The van der Waals surface area contributed by atoms with Crippen LogP contribution in [0.25, 0.3) is 28.0 Å². The molecule has 12 heteroatoms. The van der Waals surface area contributed by atoms with Crippen LogP contribution in [0.3, 0.4) is 0 Å². The molecular weight excluding hydrogens is 659 g/mol. The van der Waals surface area contributed by atoms with E-state index < -0.39 is 23.3 Å². The predicted molar refractivity (Wildman–Crippen MR) is 194 cm³/mol. The van der Waals surface area contributed by atoms with E-state index >= 15 is 8.63 Å². The lowest BCUT2D eigenvalue weighted by molar-refractivity contribution is 0.316. The smallest absolute Gasteiger partial charge is 0.494 e. The van der Waals surface area contributed by atoms with Crippen molar-refractivity contribution in [1.82, 2.24) is 4.48 Å². The van der Waals surface area contributed by atoms with E-state index in [1.54, 1.807) is 54.6 Å². The molecule has 0 radical (unpaired) electrons. The van der Waals surface area contributed by atoms with Gasteiger partial charge in [-0.15, -0.1) is 6.42 Å². The van der Waals surface area contributed by atoms with Gasteiger partial charge in [-0.2, -0.15) is 8.42 Å². The van der Waals surface area contributed by atoms with E-state index in [4.69, 9.17) is 30.4 Å². The Labute approximate surface area is 289 Å². The number of aromatic nitrogens is 1. The number of aliphatic imine (C=N–C) groups is 2. The molecule has 0 atom stereocenters. The molecule has 0 saturated heterocycles. The van der Waals surface area contributed by atoms with Crippen molar-refractivity contribution in [3.05, 3.63) is 132 Å².